The summed E-state index contributed by atoms with van der Waals surface area (Å²) in [6, 6.07) is 10.6. The van der Waals surface area contributed by atoms with Crippen molar-refractivity contribution in [3.63, 3.8) is 0 Å². The van der Waals surface area contributed by atoms with E-state index < -0.39 is 12.4 Å². The molecule has 3 heterocycles. The van der Waals surface area contributed by atoms with Gasteiger partial charge < -0.3 is 14.2 Å². The summed E-state index contributed by atoms with van der Waals surface area (Å²) in [5.41, 5.74) is 2.36. The van der Waals surface area contributed by atoms with E-state index in [9.17, 15) is 23.2 Å². The lowest BCUT2D eigenvalue weighted by Crippen LogP contribution is -2.52. The van der Waals surface area contributed by atoms with Crippen LogP contribution in [0.1, 0.15) is 18.2 Å². The lowest BCUT2D eigenvalue weighted by molar-refractivity contribution is -0.0500. The van der Waals surface area contributed by atoms with E-state index in [1.807, 2.05) is 13.0 Å². The molecule has 33 heavy (non-hydrogen) atoms. The number of pyridine rings is 2. The molecule has 0 radical (unpaired) electrons. The number of nitrogens with zero attached hydrogens (tertiary/aromatic N) is 5. The first-order chi connectivity index (χ1) is 15.8. The average Bonchev–Trinajstić information content (AvgIpc) is 2.78. The van der Waals surface area contributed by atoms with Gasteiger partial charge >= 0.3 is 6.61 Å². The number of halogens is 3. The van der Waals surface area contributed by atoms with Crippen LogP contribution in [0.3, 0.4) is 0 Å². The van der Waals surface area contributed by atoms with E-state index in [2.05, 4.69) is 19.5 Å². The van der Waals surface area contributed by atoms with Gasteiger partial charge in [-0.1, -0.05) is 6.07 Å². The second-order valence-corrected chi connectivity index (χ2v) is 8.01. The van der Waals surface area contributed by atoms with Crippen molar-refractivity contribution in [2.75, 3.05) is 24.5 Å². The molecular weight excluding hydrogens is 435 g/mol. The topological polar surface area (TPSA) is 74.4 Å². The van der Waals surface area contributed by atoms with Crippen LogP contribution in [0.2, 0.25) is 0 Å². The zero-order valence-electron chi connectivity index (χ0n) is 18.1. The predicted octanol–water partition coefficient (Wildman–Crippen LogP) is 3.26. The molecule has 3 aromatic rings. The van der Waals surface area contributed by atoms with Crippen molar-refractivity contribution < 1.29 is 17.9 Å². The van der Waals surface area contributed by atoms with Gasteiger partial charge in [0.05, 0.1) is 11.2 Å². The molecule has 0 N–H and O–H groups in total. The molecule has 1 aliphatic heterocycles. The molecule has 0 bridgehead atoms. The summed E-state index contributed by atoms with van der Waals surface area (Å²) in [5.74, 6) is -0.819. The maximum atomic E-state index is 14.4. The molecule has 0 unspecified atom stereocenters. The Morgan fingerprint density at radius 3 is 2.70 bits per heavy atom. The van der Waals surface area contributed by atoms with Crippen LogP contribution in [0.15, 0.2) is 41.2 Å². The summed E-state index contributed by atoms with van der Waals surface area (Å²) in [7, 11) is 1.66. The summed E-state index contributed by atoms with van der Waals surface area (Å²) in [5, 5.41) is 9.25. The Kier molecular flexibility index (Phi) is 6.24. The molecule has 0 spiro atoms. The second kappa shape index (κ2) is 9.11. The molecule has 0 amide bonds. The fraction of sp³-hybridized carbons (Fsp3) is 0.348. The van der Waals surface area contributed by atoms with E-state index in [1.165, 1.54) is 22.8 Å². The molecule has 1 saturated heterocycles. The van der Waals surface area contributed by atoms with Gasteiger partial charge in [-0.2, -0.15) is 14.0 Å². The standard InChI is InChI=1S/C23H22F3N5O2/c1-14-12-30(13-15-3-5-17(9-18(15)24)33-23(25)26)7-8-31(14)20-10-21(32)29(2)19-6-4-16(11-27)28-22(19)20/h3-6,9-10,14,23H,7-8,12-13H2,1-2H3/t14-/m0/s1. The summed E-state index contributed by atoms with van der Waals surface area (Å²) in [6.45, 7) is 1.05. The van der Waals surface area contributed by atoms with Crippen LogP contribution in [0.5, 0.6) is 5.75 Å². The first kappa shape index (κ1) is 22.6. The first-order valence-corrected chi connectivity index (χ1v) is 10.4. The summed E-state index contributed by atoms with van der Waals surface area (Å²) in [4.78, 5) is 21.1. The van der Waals surface area contributed by atoms with Crippen molar-refractivity contribution >= 4 is 16.7 Å². The second-order valence-electron chi connectivity index (χ2n) is 8.01. The largest absolute Gasteiger partial charge is 0.435 e. The van der Waals surface area contributed by atoms with Crippen molar-refractivity contribution in [3.05, 3.63) is 63.8 Å². The Morgan fingerprint density at radius 1 is 1.24 bits per heavy atom. The third-order valence-corrected chi connectivity index (χ3v) is 5.85. The van der Waals surface area contributed by atoms with Crippen molar-refractivity contribution in [1.29, 1.82) is 5.26 Å². The van der Waals surface area contributed by atoms with Gasteiger partial charge in [-0.3, -0.25) is 9.69 Å². The molecule has 1 aliphatic rings. The van der Waals surface area contributed by atoms with Gasteiger partial charge in [0.1, 0.15) is 28.8 Å². The molecule has 4 rings (SSSR count). The number of piperazine rings is 1. The smallest absolute Gasteiger partial charge is 0.387 e. The molecule has 1 fully saturated rings. The quantitative estimate of drug-likeness (QED) is 0.586. The Morgan fingerprint density at radius 2 is 2.03 bits per heavy atom. The number of fused-ring (bicyclic) bond motifs is 1. The van der Waals surface area contributed by atoms with Gasteiger partial charge in [0.15, 0.2) is 0 Å². The highest BCUT2D eigenvalue weighted by molar-refractivity contribution is 5.88. The SMILES string of the molecule is C[C@H]1CN(Cc2ccc(OC(F)F)cc2F)CCN1c1cc(=O)n(C)c2ccc(C#N)nc12. The number of anilines is 1. The minimum absolute atomic E-state index is 0.0221. The highest BCUT2D eigenvalue weighted by Crippen LogP contribution is 2.28. The van der Waals surface area contributed by atoms with Gasteiger partial charge in [-0.15, -0.1) is 0 Å². The Labute approximate surface area is 188 Å². The molecule has 1 aromatic carbocycles. The number of ether oxygens (including phenoxy) is 1. The minimum atomic E-state index is -3.01. The monoisotopic (exact) mass is 457 g/mol. The number of hydrogen-bond donors (Lipinski definition) is 0. The van der Waals surface area contributed by atoms with E-state index in [-0.39, 0.29) is 23.0 Å². The number of benzene rings is 1. The molecule has 172 valence electrons. The fourth-order valence-corrected chi connectivity index (χ4v) is 4.20. The first-order valence-electron chi connectivity index (χ1n) is 10.4. The van der Waals surface area contributed by atoms with Crippen molar-refractivity contribution in [2.24, 2.45) is 7.05 Å². The number of nitriles is 1. The summed E-state index contributed by atoms with van der Waals surface area (Å²) in [6.07, 6.45) is 0. The molecule has 2 aromatic heterocycles. The van der Waals surface area contributed by atoms with Crippen LogP contribution >= 0.6 is 0 Å². The van der Waals surface area contributed by atoms with Crippen molar-refractivity contribution in [2.45, 2.75) is 26.1 Å². The number of aryl methyl sites for hydroxylation is 1. The molecule has 1 atom stereocenters. The zero-order valence-corrected chi connectivity index (χ0v) is 18.1. The van der Waals surface area contributed by atoms with Gasteiger partial charge in [0, 0.05) is 57.0 Å². The Hall–Kier alpha value is -3.58. The fourth-order valence-electron chi connectivity index (χ4n) is 4.20. The summed E-state index contributed by atoms with van der Waals surface area (Å²) < 4.78 is 44.8. The highest BCUT2D eigenvalue weighted by Gasteiger charge is 2.27. The maximum Gasteiger partial charge on any atom is 0.387 e. The predicted molar refractivity (Wildman–Crippen MR) is 117 cm³/mol. The number of aromatic nitrogens is 2. The molecule has 0 aliphatic carbocycles. The van der Waals surface area contributed by atoms with Crippen LogP contribution in [0, 0.1) is 17.1 Å². The molecular formula is C23H22F3N5O2. The number of alkyl halides is 2. The van der Waals surface area contributed by atoms with E-state index in [1.54, 1.807) is 19.2 Å². The number of rotatable bonds is 5. The zero-order chi connectivity index (χ0) is 23.7. The van der Waals surface area contributed by atoms with Crippen LogP contribution in [0.4, 0.5) is 18.9 Å². The van der Waals surface area contributed by atoms with E-state index in [0.29, 0.717) is 48.5 Å². The van der Waals surface area contributed by atoms with E-state index in [0.717, 1.165) is 6.07 Å². The molecule has 10 heteroatoms. The highest BCUT2D eigenvalue weighted by atomic mass is 19.3. The van der Waals surface area contributed by atoms with Crippen LogP contribution in [-0.2, 0) is 13.6 Å². The average molecular weight is 457 g/mol. The normalized spacial score (nSPS) is 16.9. The Balaban J connectivity index is 1.55. The van der Waals surface area contributed by atoms with Crippen molar-refractivity contribution in [1.82, 2.24) is 14.5 Å². The van der Waals surface area contributed by atoms with Crippen LogP contribution < -0.4 is 15.2 Å². The van der Waals surface area contributed by atoms with E-state index in [4.69, 9.17) is 0 Å². The van der Waals surface area contributed by atoms with Crippen LogP contribution in [-0.4, -0.2) is 46.7 Å². The van der Waals surface area contributed by atoms with Gasteiger partial charge in [-0.25, -0.2) is 9.37 Å². The van der Waals surface area contributed by atoms with E-state index >= 15 is 0 Å². The lowest BCUT2D eigenvalue weighted by atomic mass is 10.1. The maximum absolute atomic E-state index is 14.4. The van der Waals surface area contributed by atoms with Crippen LogP contribution in [0.25, 0.3) is 11.0 Å². The number of hydrogen-bond acceptors (Lipinski definition) is 6. The third kappa shape index (κ3) is 4.64. The minimum Gasteiger partial charge on any atom is -0.435 e. The van der Waals surface area contributed by atoms with Gasteiger partial charge in [0.2, 0.25) is 0 Å². The molecule has 0 saturated carbocycles. The van der Waals surface area contributed by atoms with Crippen molar-refractivity contribution in [3.8, 4) is 11.8 Å². The summed E-state index contributed by atoms with van der Waals surface area (Å²) >= 11 is 0. The Bertz CT molecular complexity index is 1290. The van der Waals surface area contributed by atoms with Gasteiger partial charge in [-0.05, 0) is 25.1 Å². The molecule has 7 nitrogen and oxygen atoms in total. The lowest BCUT2D eigenvalue weighted by Gasteiger charge is -2.41. The third-order valence-electron chi connectivity index (χ3n) is 5.85. The van der Waals surface area contributed by atoms with Gasteiger partial charge in [0.25, 0.3) is 5.56 Å².